The van der Waals surface area contributed by atoms with Crippen LogP contribution in [0.4, 0.5) is 11.6 Å². The van der Waals surface area contributed by atoms with Gasteiger partial charge >= 0.3 is 0 Å². The molecule has 0 radical (unpaired) electrons. The van der Waals surface area contributed by atoms with Crippen LogP contribution in [0.25, 0.3) is 0 Å². The number of nitrogens with zero attached hydrogens (tertiary/aromatic N) is 4. The zero-order valence-electron chi connectivity index (χ0n) is 16.8. The first-order chi connectivity index (χ1) is 13.8. The fourth-order valence-electron chi connectivity index (χ4n) is 4.58. The Kier molecular flexibility index (Phi) is 6.62. The molecule has 1 aromatic heterocycles. The molecule has 4 rings (SSSR count). The Balaban J connectivity index is 1.19. The van der Waals surface area contributed by atoms with Crippen molar-refractivity contribution in [3.63, 3.8) is 0 Å². The molecule has 1 amide bonds. The molecule has 0 spiro atoms. The minimum absolute atomic E-state index is 0.292. The molecule has 154 valence electrons. The normalized spacial score (nSPS) is 23.4. The smallest absolute Gasteiger partial charge is 0.222 e. The number of aromatic nitrogens is 2. The average Bonchev–Trinajstić information content (AvgIpc) is 3.45. The molecule has 0 aromatic carbocycles. The number of nitrogens with one attached hydrogen (secondary N) is 1. The first kappa shape index (κ1) is 19.4. The van der Waals surface area contributed by atoms with Gasteiger partial charge in [0, 0.05) is 45.8 Å². The summed E-state index contributed by atoms with van der Waals surface area (Å²) in [7, 11) is 0. The van der Waals surface area contributed by atoms with Crippen molar-refractivity contribution >= 4 is 17.5 Å². The zero-order valence-corrected chi connectivity index (χ0v) is 16.8. The lowest BCUT2D eigenvalue weighted by Crippen LogP contribution is -2.49. The predicted octanol–water partition coefficient (Wildman–Crippen LogP) is 2.69. The Morgan fingerprint density at radius 2 is 1.89 bits per heavy atom. The van der Waals surface area contributed by atoms with Crippen LogP contribution in [-0.4, -0.2) is 66.4 Å². The highest BCUT2D eigenvalue weighted by Crippen LogP contribution is 2.28. The molecule has 7 nitrogen and oxygen atoms in total. The van der Waals surface area contributed by atoms with Crippen LogP contribution in [0.3, 0.4) is 0 Å². The summed E-state index contributed by atoms with van der Waals surface area (Å²) in [6.45, 7) is 4.87. The maximum atomic E-state index is 12.5. The van der Waals surface area contributed by atoms with Gasteiger partial charge in [-0.1, -0.05) is 25.7 Å². The fraction of sp³-hybridized carbons (Fsp3) is 0.762. The Morgan fingerprint density at radius 1 is 1.07 bits per heavy atom. The van der Waals surface area contributed by atoms with E-state index in [4.69, 9.17) is 4.74 Å². The summed E-state index contributed by atoms with van der Waals surface area (Å²) in [4.78, 5) is 16.7. The molecule has 28 heavy (non-hydrogen) atoms. The first-order valence-electron chi connectivity index (χ1n) is 11.0. The summed E-state index contributed by atoms with van der Waals surface area (Å²) in [5, 5.41) is 12.0. The first-order valence-corrected chi connectivity index (χ1v) is 11.0. The molecule has 3 fully saturated rings. The summed E-state index contributed by atoms with van der Waals surface area (Å²) in [6, 6.07) is 4.00. The van der Waals surface area contributed by atoms with E-state index in [-0.39, 0.29) is 0 Å². The standard InChI is InChI=1S/C21H33N5O2/c27-21(10-7-17-4-1-2-5-17)26-13-11-25(12-14-26)20-9-8-19(23-24-20)22-16-18-6-3-15-28-18/h8-9,17-18H,1-7,10-16H2,(H,22,23). The molecule has 2 aliphatic heterocycles. The van der Waals surface area contributed by atoms with Crippen LogP contribution in [0.2, 0.25) is 0 Å². The van der Waals surface area contributed by atoms with Gasteiger partial charge in [-0.3, -0.25) is 4.79 Å². The van der Waals surface area contributed by atoms with Crippen molar-refractivity contribution in [2.45, 2.75) is 57.5 Å². The summed E-state index contributed by atoms with van der Waals surface area (Å²) in [5.41, 5.74) is 0. The molecule has 1 aliphatic carbocycles. The van der Waals surface area contributed by atoms with Crippen molar-refractivity contribution in [2.24, 2.45) is 5.92 Å². The van der Waals surface area contributed by atoms with Gasteiger partial charge in [-0.25, -0.2) is 0 Å². The van der Waals surface area contributed by atoms with Gasteiger partial charge in [-0.05, 0) is 37.3 Å². The van der Waals surface area contributed by atoms with Gasteiger partial charge in [0.05, 0.1) is 6.10 Å². The van der Waals surface area contributed by atoms with Crippen molar-refractivity contribution in [1.29, 1.82) is 0 Å². The number of rotatable bonds is 7. The van der Waals surface area contributed by atoms with Gasteiger partial charge in [0.2, 0.25) is 5.91 Å². The molecule has 3 aliphatic rings. The summed E-state index contributed by atoms with van der Waals surface area (Å²) < 4.78 is 5.62. The molecule has 3 heterocycles. The van der Waals surface area contributed by atoms with Gasteiger partial charge in [-0.2, -0.15) is 0 Å². The number of carbonyl (C=O) groups is 1. The molecular formula is C21H33N5O2. The fourth-order valence-corrected chi connectivity index (χ4v) is 4.58. The van der Waals surface area contributed by atoms with Crippen molar-refractivity contribution in [1.82, 2.24) is 15.1 Å². The summed E-state index contributed by atoms with van der Waals surface area (Å²) in [5.74, 6) is 2.79. The second-order valence-corrected chi connectivity index (χ2v) is 8.35. The summed E-state index contributed by atoms with van der Waals surface area (Å²) >= 11 is 0. The van der Waals surface area contributed by atoms with Gasteiger partial charge in [0.15, 0.2) is 5.82 Å². The monoisotopic (exact) mass is 387 g/mol. The Hall–Kier alpha value is -1.89. The van der Waals surface area contributed by atoms with Gasteiger partial charge in [-0.15, -0.1) is 10.2 Å². The number of hydrogen-bond acceptors (Lipinski definition) is 6. The van der Waals surface area contributed by atoms with E-state index in [0.717, 1.165) is 82.6 Å². The van der Waals surface area contributed by atoms with E-state index in [9.17, 15) is 4.79 Å². The quantitative estimate of drug-likeness (QED) is 0.776. The van der Waals surface area contributed by atoms with Crippen LogP contribution < -0.4 is 10.2 Å². The molecule has 2 saturated heterocycles. The molecule has 0 bridgehead atoms. The van der Waals surface area contributed by atoms with Gasteiger partial charge < -0.3 is 19.9 Å². The number of carbonyl (C=O) groups excluding carboxylic acids is 1. The van der Waals surface area contributed by atoms with Crippen LogP contribution in [-0.2, 0) is 9.53 Å². The number of anilines is 2. The molecule has 1 N–H and O–H groups in total. The predicted molar refractivity (Wildman–Crippen MR) is 109 cm³/mol. The van der Waals surface area contributed by atoms with E-state index in [1.807, 2.05) is 17.0 Å². The molecule has 7 heteroatoms. The third-order valence-electron chi connectivity index (χ3n) is 6.38. The minimum Gasteiger partial charge on any atom is -0.376 e. The Labute approximate surface area is 167 Å². The lowest BCUT2D eigenvalue weighted by Gasteiger charge is -2.35. The SMILES string of the molecule is O=C(CCC1CCCC1)N1CCN(c2ccc(NCC3CCCO3)nn2)CC1. The third kappa shape index (κ3) is 5.13. The molecule has 1 saturated carbocycles. The highest BCUT2D eigenvalue weighted by atomic mass is 16.5. The van der Waals surface area contributed by atoms with E-state index >= 15 is 0 Å². The molecule has 1 atom stereocenters. The highest BCUT2D eigenvalue weighted by molar-refractivity contribution is 5.76. The largest absolute Gasteiger partial charge is 0.376 e. The number of hydrogen-bond donors (Lipinski definition) is 1. The van der Waals surface area contributed by atoms with Crippen LogP contribution in [0.1, 0.15) is 51.4 Å². The van der Waals surface area contributed by atoms with Gasteiger partial charge in [0.25, 0.3) is 0 Å². The average molecular weight is 388 g/mol. The summed E-state index contributed by atoms with van der Waals surface area (Å²) in [6.07, 6.45) is 9.67. The second-order valence-electron chi connectivity index (χ2n) is 8.35. The van der Waals surface area contributed by atoms with E-state index < -0.39 is 0 Å². The van der Waals surface area contributed by atoms with E-state index in [1.165, 1.54) is 25.7 Å². The lowest BCUT2D eigenvalue weighted by molar-refractivity contribution is -0.131. The minimum atomic E-state index is 0.292. The molecule has 1 aromatic rings. The zero-order chi connectivity index (χ0) is 19.2. The number of amides is 1. The van der Waals surface area contributed by atoms with Gasteiger partial charge in [0.1, 0.15) is 5.82 Å². The topological polar surface area (TPSA) is 70.6 Å². The van der Waals surface area contributed by atoms with E-state index in [2.05, 4.69) is 20.4 Å². The highest BCUT2D eigenvalue weighted by Gasteiger charge is 2.23. The van der Waals surface area contributed by atoms with Crippen LogP contribution in [0, 0.1) is 5.92 Å². The van der Waals surface area contributed by atoms with E-state index in [1.54, 1.807) is 0 Å². The Morgan fingerprint density at radius 3 is 2.57 bits per heavy atom. The van der Waals surface area contributed by atoms with Crippen molar-refractivity contribution in [3.8, 4) is 0 Å². The lowest BCUT2D eigenvalue weighted by atomic mass is 10.0. The van der Waals surface area contributed by atoms with Crippen LogP contribution in [0.5, 0.6) is 0 Å². The van der Waals surface area contributed by atoms with Crippen molar-refractivity contribution in [3.05, 3.63) is 12.1 Å². The van der Waals surface area contributed by atoms with Crippen LogP contribution in [0.15, 0.2) is 12.1 Å². The van der Waals surface area contributed by atoms with Crippen LogP contribution >= 0.6 is 0 Å². The second kappa shape index (κ2) is 9.54. The number of ether oxygens (including phenoxy) is 1. The molecular weight excluding hydrogens is 354 g/mol. The Bertz CT molecular complexity index is 618. The van der Waals surface area contributed by atoms with Crippen molar-refractivity contribution < 1.29 is 9.53 Å². The number of piperazine rings is 1. The molecule has 1 unspecified atom stereocenters. The third-order valence-corrected chi connectivity index (χ3v) is 6.38. The maximum absolute atomic E-state index is 12.5. The van der Waals surface area contributed by atoms with E-state index in [0.29, 0.717) is 12.0 Å². The maximum Gasteiger partial charge on any atom is 0.222 e. The van der Waals surface area contributed by atoms with Crippen molar-refractivity contribution in [2.75, 3.05) is 49.5 Å².